The van der Waals surface area contributed by atoms with Crippen LogP contribution in [0.4, 0.5) is 15.8 Å². The summed E-state index contributed by atoms with van der Waals surface area (Å²) in [5.74, 6) is -0.199. The zero-order chi connectivity index (χ0) is 21.8. The Labute approximate surface area is 184 Å². The van der Waals surface area contributed by atoms with Crippen LogP contribution in [0.3, 0.4) is 0 Å². The van der Waals surface area contributed by atoms with Crippen LogP contribution < -0.4 is 10.6 Å². The number of thiazole rings is 1. The van der Waals surface area contributed by atoms with E-state index in [1.807, 2.05) is 48.5 Å². The molecule has 1 heterocycles. The molecule has 1 aliphatic carbocycles. The molecular weight excluding hydrogens is 412 g/mol. The third kappa shape index (κ3) is 4.74. The second-order valence-electron chi connectivity index (χ2n) is 7.57. The van der Waals surface area contributed by atoms with Gasteiger partial charge in [0.25, 0.3) is 5.91 Å². The normalized spacial score (nSPS) is 13.1. The van der Waals surface area contributed by atoms with Gasteiger partial charge in [-0.05, 0) is 47.8 Å². The highest BCUT2D eigenvalue weighted by Crippen LogP contribution is 2.47. The molecule has 0 aliphatic heterocycles. The van der Waals surface area contributed by atoms with Crippen LogP contribution in [0.25, 0.3) is 11.1 Å². The average molecular weight is 437 g/mol. The zero-order valence-electron chi connectivity index (χ0n) is 17.3. The Morgan fingerprint density at radius 3 is 2.65 bits per heavy atom. The van der Waals surface area contributed by atoms with Gasteiger partial charge in [0.15, 0.2) is 5.13 Å². The molecule has 2 aromatic carbocycles. The quantitative estimate of drug-likeness (QED) is 0.241. The minimum Gasteiger partial charge on any atom is -0.384 e. The lowest BCUT2D eigenvalue weighted by Gasteiger charge is -2.16. The van der Waals surface area contributed by atoms with Crippen LogP contribution >= 0.6 is 11.3 Å². The predicted octanol–water partition coefficient (Wildman–Crippen LogP) is 6.06. The Hall–Kier alpha value is -3.26. The summed E-state index contributed by atoms with van der Waals surface area (Å²) >= 11 is 0.925. The van der Waals surface area contributed by atoms with Crippen LogP contribution in [0.5, 0.6) is 0 Å². The summed E-state index contributed by atoms with van der Waals surface area (Å²) < 4.78 is 0. The lowest BCUT2D eigenvalue weighted by molar-refractivity contribution is -0.381. The highest BCUT2D eigenvalue weighted by atomic mass is 32.1. The van der Waals surface area contributed by atoms with Crippen LogP contribution in [-0.4, -0.2) is 22.4 Å². The van der Waals surface area contributed by atoms with Crippen molar-refractivity contribution in [2.75, 3.05) is 17.2 Å². The minimum atomic E-state index is -0.406. The summed E-state index contributed by atoms with van der Waals surface area (Å²) in [6.45, 7) is 2.87. The van der Waals surface area contributed by atoms with E-state index in [0.29, 0.717) is 11.3 Å². The molecule has 31 heavy (non-hydrogen) atoms. The number of nitrogens with one attached hydrogen (secondary N) is 2. The van der Waals surface area contributed by atoms with E-state index in [4.69, 9.17) is 0 Å². The van der Waals surface area contributed by atoms with Gasteiger partial charge >= 0.3 is 5.00 Å². The van der Waals surface area contributed by atoms with Gasteiger partial charge < -0.3 is 5.32 Å². The molecule has 4 rings (SSSR count). The van der Waals surface area contributed by atoms with Gasteiger partial charge in [-0.25, -0.2) is 4.98 Å². The maximum Gasteiger partial charge on any atom is 0.349 e. The summed E-state index contributed by atoms with van der Waals surface area (Å²) in [6, 6.07) is 15.4. The van der Waals surface area contributed by atoms with Gasteiger partial charge in [-0.15, -0.1) is 0 Å². The van der Waals surface area contributed by atoms with Crippen molar-refractivity contribution < 1.29 is 9.72 Å². The van der Waals surface area contributed by atoms with Crippen molar-refractivity contribution in [2.45, 2.75) is 38.5 Å². The van der Waals surface area contributed by atoms with Crippen molar-refractivity contribution in [1.82, 2.24) is 4.98 Å². The predicted molar refractivity (Wildman–Crippen MR) is 124 cm³/mol. The van der Waals surface area contributed by atoms with Crippen molar-refractivity contribution in [3.8, 4) is 11.1 Å². The molecule has 1 aliphatic rings. The SMILES string of the molecule is CCCCNc1cccc(-c2ccccc2)c1C(=O)Nc1nc(C2CC2)c([N+](=O)[O-])s1. The van der Waals surface area contributed by atoms with Gasteiger partial charge in [-0.2, -0.15) is 0 Å². The van der Waals surface area contributed by atoms with Crippen LogP contribution in [0.1, 0.15) is 54.6 Å². The third-order valence-corrected chi connectivity index (χ3v) is 6.15. The maximum atomic E-state index is 13.4. The molecule has 7 nitrogen and oxygen atoms in total. The molecule has 160 valence electrons. The van der Waals surface area contributed by atoms with Crippen LogP contribution in [0.15, 0.2) is 48.5 Å². The van der Waals surface area contributed by atoms with Gasteiger partial charge in [0.2, 0.25) is 0 Å². The van der Waals surface area contributed by atoms with Crippen molar-refractivity contribution in [1.29, 1.82) is 0 Å². The molecular formula is C23H24N4O3S. The summed E-state index contributed by atoms with van der Waals surface area (Å²) in [7, 11) is 0. The number of hydrogen-bond acceptors (Lipinski definition) is 6. The topological polar surface area (TPSA) is 97.2 Å². The summed E-state index contributed by atoms with van der Waals surface area (Å²) in [6.07, 6.45) is 3.83. The third-order valence-electron chi connectivity index (χ3n) is 5.21. The van der Waals surface area contributed by atoms with E-state index in [2.05, 4.69) is 22.5 Å². The molecule has 0 unspecified atom stereocenters. The van der Waals surface area contributed by atoms with E-state index in [9.17, 15) is 14.9 Å². The second kappa shape index (κ2) is 9.26. The highest BCUT2D eigenvalue weighted by molar-refractivity contribution is 7.19. The van der Waals surface area contributed by atoms with E-state index in [-0.39, 0.29) is 22.0 Å². The fourth-order valence-electron chi connectivity index (χ4n) is 3.49. The molecule has 3 aromatic rings. The molecule has 0 saturated heterocycles. The van der Waals surface area contributed by atoms with Crippen molar-refractivity contribution >= 4 is 33.1 Å². The van der Waals surface area contributed by atoms with Gasteiger partial charge in [-0.3, -0.25) is 20.2 Å². The number of carbonyl (C=O) groups excluding carboxylic acids is 1. The molecule has 8 heteroatoms. The summed E-state index contributed by atoms with van der Waals surface area (Å²) in [5.41, 5.74) is 3.46. The van der Waals surface area contributed by atoms with E-state index >= 15 is 0 Å². The number of hydrogen-bond donors (Lipinski definition) is 2. The summed E-state index contributed by atoms with van der Waals surface area (Å²) in [4.78, 5) is 28.8. The molecule has 1 saturated carbocycles. The molecule has 1 aromatic heterocycles. The van der Waals surface area contributed by atoms with Crippen LogP contribution in [-0.2, 0) is 0 Å². The number of rotatable bonds is 9. The monoisotopic (exact) mass is 436 g/mol. The molecule has 1 fully saturated rings. The number of nitro groups is 1. The van der Waals surface area contributed by atoms with Crippen molar-refractivity contribution in [3.63, 3.8) is 0 Å². The largest absolute Gasteiger partial charge is 0.384 e. The fourth-order valence-corrected chi connectivity index (χ4v) is 4.36. The number of aromatic nitrogens is 1. The van der Waals surface area contributed by atoms with Gasteiger partial charge in [0, 0.05) is 18.2 Å². The van der Waals surface area contributed by atoms with Gasteiger partial charge in [-0.1, -0.05) is 55.8 Å². The Morgan fingerprint density at radius 2 is 1.97 bits per heavy atom. The van der Waals surface area contributed by atoms with Crippen molar-refractivity contribution in [3.05, 3.63) is 69.9 Å². The molecule has 2 N–H and O–H groups in total. The van der Waals surface area contributed by atoms with E-state index in [1.165, 1.54) is 0 Å². The molecule has 0 bridgehead atoms. The first-order chi connectivity index (χ1) is 15.1. The first-order valence-corrected chi connectivity index (χ1v) is 11.3. The van der Waals surface area contributed by atoms with Gasteiger partial charge in [0.1, 0.15) is 5.69 Å². The first kappa shape index (κ1) is 21.0. The molecule has 1 amide bonds. The fraction of sp³-hybridized carbons (Fsp3) is 0.304. The smallest absolute Gasteiger partial charge is 0.349 e. The molecule has 0 atom stereocenters. The van der Waals surface area contributed by atoms with E-state index in [0.717, 1.165) is 60.4 Å². The number of amides is 1. The number of anilines is 2. The number of carbonyl (C=O) groups is 1. The molecule has 0 radical (unpaired) electrons. The number of benzene rings is 2. The average Bonchev–Trinajstić information content (AvgIpc) is 3.54. The Kier molecular flexibility index (Phi) is 6.27. The Bertz CT molecular complexity index is 1090. The van der Waals surface area contributed by atoms with Crippen LogP contribution in [0.2, 0.25) is 0 Å². The maximum absolute atomic E-state index is 13.4. The number of unbranched alkanes of at least 4 members (excludes halogenated alkanes) is 1. The molecule has 0 spiro atoms. The van der Waals surface area contributed by atoms with E-state index in [1.54, 1.807) is 0 Å². The highest BCUT2D eigenvalue weighted by Gasteiger charge is 2.35. The lowest BCUT2D eigenvalue weighted by atomic mass is 9.97. The second-order valence-corrected chi connectivity index (χ2v) is 8.55. The van der Waals surface area contributed by atoms with Crippen LogP contribution in [0, 0.1) is 10.1 Å². The Balaban J connectivity index is 1.69. The lowest BCUT2D eigenvalue weighted by Crippen LogP contribution is -2.16. The number of nitrogens with zero attached hydrogens (tertiary/aromatic N) is 2. The summed E-state index contributed by atoms with van der Waals surface area (Å²) in [5, 5.41) is 17.9. The van der Waals surface area contributed by atoms with Gasteiger partial charge in [0.05, 0.1) is 10.5 Å². The minimum absolute atomic E-state index is 0.0236. The van der Waals surface area contributed by atoms with Crippen molar-refractivity contribution in [2.24, 2.45) is 0 Å². The standard InChI is InChI=1S/C23H24N4O3S/c1-2-3-14-24-18-11-7-10-17(15-8-5-4-6-9-15)19(18)21(28)26-23-25-20(16-12-13-16)22(31-23)27(29)30/h4-11,16,24H,2-3,12-14H2,1H3,(H,25,26,28). The van der Waals surface area contributed by atoms with E-state index < -0.39 is 4.92 Å². The first-order valence-electron chi connectivity index (χ1n) is 10.5. The Morgan fingerprint density at radius 1 is 1.19 bits per heavy atom. The zero-order valence-corrected chi connectivity index (χ0v) is 18.1.